The van der Waals surface area contributed by atoms with E-state index in [2.05, 4.69) is 20.5 Å². The van der Waals surface area contributed by atoms with E-state index in [4.69, 9.17) is 4.74 Å². The Morgan fingerprint density at radius 1 is 1.53 bits per heavy atom. The molecule has 0 spiro atoms. The van der Waals surface area contributed by atoms with E-state index in [1.165, 1.54) is 16.0 Å². The average Bonchev–Trinajstić information content (AvgIpc) is 3.04. The number of tetrazole rings is 1. The van der Waals surface area contributed by atoms with Gasteiger partial charge in [0, 0.05) is 17.8 Å². The predicted molar refractivity (Wildman–Crippen MR) is 65.9 cm³/mol. The topological polar surface area (TPSA) is 87.2 Å². The van der Waals surface area contributed by atoms with Crippen molar-refractivity contribution < 1.29 is 9.53 Å². The molecule has 8 nitrogen and oxygen atoms in total. The van der Waals surface area contributed by atoms with Crippen LogP contribution in [0.5, 0.6) is 0 Å². The van der Waals surface area contributed by atoms with E-state index in [0.29, 0.717) is 6.54 Å². The van der Waals surface area contributed by atoms with Gasteiger partial charge in [-0.15, -0.1) is 16.4 Å². The lowest BCUT2D eigenvalue weighted by atomic mass is 10.4. The standard InChI is InChI=1S/C10H10N6O2S/c1-2-18-9(17)8-12-13-14-16(8)6-7-5-15-3-4-19-10(15)11-7/h3-5H,2,6H2,1H3. The quantitative estimate of drug-likeness (QED) is 0.650. The van der Waals surface area contributed by atoms with Gasteiger partial charge in [-0.3, -0.25) is 4.40 Å². The maximum atomic E-state index is 11.6. The Balaban J connectivity index is 1.85. The third-order valence-electron chi connectivity index (χ3n) is 2.44. The van der Waals surface area contributed by atoms with E-state index in [1.54, 1.807) is 6.92 Å². The van der Waals surface area contributed by atoms with Gasteiger partial charge < -0.3 is 4.74 Å². The number of esters is 1. The van der Waals surface area contributed by atoms with E-state index < -0.39 is 5.97 Å². The number of fused-ring (bicyclic) bond motifs is 1. The molecule has 0 saturated carbocycles. The Labute approximate surface area is 111 Å². The van der Waals surface area contributed by atoms with Crippen molar-refractivity contribution in [3.8, 4) is 0 Å². The molecule has 3 aromatic rings. The number of imidazole rings is 1. The number of carbonyl (C=O) groups is 1. The van der Waals surface area contributed by atoms with E-state index in [1.807, 2.05) is 22.2 Å². The minimum absolute atomic E-state index is 0.0817. The van der Waals surface area contributed by atoms with Crippen LogP contribution in [0.4, 0.5) is 0 Å². The highest BCUT2D eigenvalue weighted by Crippen LogP contribution is 2.12. The third kappa shape index (κ3) is 2.19. The maximum absolute atomic E-state index is 11.6. The minimum atomic E-state index is -0.534. The van der Waals surface area contributed by atoms with Gasteiger partial charge in [0.1, 0.15) is 0 Å². The first-order chi connectivity index (χ1) is 9.28. The minimum Gasteiger partial charge on any atom is -0.460 e. The van der Waals surface area contributed by atoms with Gasteiger partial charge in [0.25, 0.3) is 5.82 Å². The van der Waals surface area contributed by atoms with Crippen molar-refractivity contribution in [2.45, 2.75) is 13.5 Å². The number of hydrogen-bond donors (Lipinski definition) is 0. The van der Waals surface area contributed by atoms with Gasteiger partial charge in [-0.1, -0.05) is 0 Å². The van der Waals surface area contributed by atoms with E-state index >= 15 is 0 Å². The summed E-state index contributed by atoms with van der Waals surface area (Å²) >= 11 is 1.54. The van der Waals surface area contributed by atoms with Crippen LogP contribution in [0.25, 0.3) is 4.96 Å². The molecule has 3 heterocycles. The van der Waals surface area contributed by atoms with Crippen LogP contribution in [0.15, 0.2) is 17.8 Å². The number of thiazole rings is 1. The molecular weight excluding hydrogens is 268 g/mol. The molecular formula is C10H10N6O2S. The lowest BCUT2D eigenvalue weighted by molar-refractivity contribution is 0.0505. The van der Waals surface area contributed by atoms with Gasteiger partial charge in [0.15, 0.2) is 4.96 Å². The van der Waals surface area contributed by atoms with Crippen molar-refractivity contribution in [2.24, 2.45) is 0 Å². The summed E-state index contributed by atoms with van der Waals surface area (Å²) in [4.78, 5) is 16.9. The summed E-state index contributed by atoms with van der Waals surface area (Å²) in [6.45, 7) is 2.34. The van der Waals surface area contributed by atoms with Crippen molar-refractivity contribution in [1.82, 2.24) is 29.6 Å². The monoisotopic (exact) mass is 278 g/mol. The molecule has 0 unspecified atom stereocenters. The van der Waals surface area contributed by atoms with Crippen LogP contribution in [0.3, 0.4) is 0 Å². The van der Waals surface area contributed by atoms with Crippen LogP contribution in [0.2, 0.25) is 0 Å². The van der Waals surface area contributed by atoms with Crippen LogP contribution >= 0.6 is 11.3 Å². The molecule has 0 saturated heterocycles. The highest BCUT2D eigenvalue weighted by Gasteiger charge is 2.17. The molecule has 19 heavy (non-hydrogen) atoms. The van der Waals surface area contributed by atoms with Crippen molar-refractivity contribution in [1.29, 1.82) is 0 Å². The van der Waals surface area contributed by atoms with Gasteiger partial charge in [-0.2, -0.15) is 0 Å². The fourth-order valence-corrected chi connectivity index (χ4v) is 2.38. The maximum Gasteiger partial charge on any atom is 0.378 e. The Kier molecular flexibility index (Phi) is 2.95. The molecule has 98 valence electrons. The normalized spacial score (nSPS) is 11.0. The average molecular weight is 278 g/mol. The second-order valence-corrected chi connectivity index (χ2v) is 4.58. The number of carbonyl (C=O) groups excluding carboxylic acids is 1. The summed E-state index contributed by atoms with van der Waals surface area (Å²) in [5.41, 5.74) is 0.782. The molecule has 0 aliphatic carbocycles. The molecule has 3 rings (SSSR count). The summed E-state index contributed by atoms with van der Waals surface area (Å²) in [7, 11) is 0. The first-order valence-electron chi connectivity index (χ1n) is 5.62. The predicted octanol–water partition coefficient (Wildman–Crippen LogP) is 0.607. The SMILES string of the molecule is CCOC(=O)c1nnnn1Cc1cn2ccsc2n1. The molecule has 9 heteroatoms. The number of ether oxygens (including phenoxy) is 1. The van der Waals surface area contributed by atoms with Crippen LogP contribution in [-0.2, 0) is 11.3 Å². The Morgan fingerprint density at radius 3 is 3.21 bits per heavy atom. The summed E-state index contributed by atoms with van der Waals surface area (Å²) in [5.74, 6) is -0.452. The van der Waals surface area contributed by atoms with E-state index in [9.17, 15) is 4.79 Å². The number of aromatic nitrogens is 6. The summed E-state index contributed by atoms with van der Waals surface area (Å²) in [5, 5.41) is 12.9. The molecule has 0 aliphatic heterocycles. The molecule has 3 aromatic heterocycles. The number of nitrogens with zero attached hydrogens (tertiary/aromatic N) is 6. The highest BCUT2D eigenvalue weighted by molar-refractivity contribution is 7.15. The number of hydrogen-bond acceptors (Lipinski definition) is 7. The first-order valence-corrected chi connectivity index (χ1v) is 6.50. The molecule has 0 atom stereocenters. The van der Waals surface area contributed by atoms with Gasteiger partial charge in [-0.25, -0.2) is 14.5 Å². The Bertz CT molecular complexity index is 686. The second-order valence-electron chi connectivity index (χ2n) is 3.71. The van der Waals surface area contributed by atoms with Crippen LogP contribution < -0.4 is 0 Å². The van der Waals surface area contributed by atoms with Gasteiger partial charge >= 0.3 is 5.97 Å². The molecule has 0 N–H and O–H groups in total. The first kappa shape index (κ1) is 11.8. The summed E-state index contributed by atoms with van der Waals surface area (Å²) in [6.07, 6.45) is 3.80. The lowest BCUT2D eigenvalue weighted by Gasteiger charge is -2.01. The van der Waals surface area contributed by atoms with Crippen molar-refractivity contribution in [3.05, 3.63) is 29.3 Å². The Hall–Kier alpha value is -2.29. The lowest BCUT2D eigenvalue weighted by Crippen LogP contribution is -2.15. The van der Waals surface area contributed by atoms with Crippen LogP contribution in [-0.4, -0.2) is 42.2 Å². The van der Waals surface area contributed by atoms with Gasteiger partial charge in [-0.05, 0) is 17.4 Å². The van der Waals surface area contributed by atoms with Crippen molar-refractivity contribution >= 4 is 22.3 Å². The summed E-state index contributed by atoms with van der Waals surface area (Å²) in [6, 6.07) is 0. The zero-order valence-electron chi connectivity index (χ0n) is 10.1. The third-order valence-corrected chi connectivity index (χ3v) is 3.22. The van der Waals surface area contributed by atoms with E-state index in [0.717, 1.165) is 10.7 Å². The highest BCUT2D eigenvalue weighted by atomic mass is 32.1. The largest absolute Gasteiger partial charge is 0.460 e. The van der Waals surface area contributed by atoms with Crippen molar-refractivity contribution in [3.63, 3.8) is 0 Å². The molecule has 0 radical (unpaired) electrons. The second kappa shape index (κ2) is 4.76. The molecule has 0 aliphatic rings. The Morgan fingerprint density at radius 2 is 2.42 bits per heavy atom. The molecule has 0 bridgehead atoms. The summed E-state index contributed by atoms with van der Waals surface area (Å²) < 4.78 is 8.17. The fourth-order valence-electron chi connectivity index (χ4n) is 1.66. The van der Waals surface area contributed by atoms with Gasteiger partial charge in [0.05, 0.1) is 18.8 Å². The number of rotatable bonds is 4. The van der Waals surface area contributed by atoms with Crippen LogP contribution in [0, 0.1) is 0 Å². The zero-order chi connectivity index (χ0) is 13.2. The van der Waals surface area contributed by atoms with Crippen LogP contribution in [0.1, 0.15) is 23.2 Å². The van der Waals surface area contributed by atoms with Crippen molar-refractivity contribution in [2.75, 3.05) is 6.61 Å². The molecule has 0 fully saturated rings. The molecule has 0 amide bonds. The smallest absolute Gasteiger partial charge is 0.378 e. The zero-order valence-corrected chi connectivity index (χ0v) is 10.9. The van der Waals surface area contributed by atoms with E-state index in [-0.39, 0.29) is 12.4 Å². The fraction of sp³-hybridized carbons (Fsp3) is 0.300. The van der Waals surface area contributed by atoms with Gasteiger partial charge in [0.2, 0.25) is 0 Å². The molecule has 0 aromatic carbocycles.